The Morgan fingerprint density at radius 2 is 0.643 bits per heavy atom. The van der Waals surface area contributed by atoms with Gasteiger partial charge in [0.25, 0.3) is 0 Å². The van der Waals surface area contributed by atoms with Crippen molar-refractivity contribution in [2.75, 3.05) is 0 Å². The first-order valence-corrected chi connectivity index (χ1v) is 17.8. The Labute approximate surface area is 259 Å². The first-order chi connectivity index (χ1) is 20.6. The number of ether oxygens (including phenoxy) is 2. The van der Waals surface area contributed by atoms with Gasteiger partial charge in [-0.25, -0.2) is 4.79 Å². The summed E-state index contributed by atoms with van der Waals surface area (Å²) >= 11 is 0. The molecule has 0 N–H and O–H groups in total. The molecule has 244 valence electrons. The Bertz CT molecular complexity index is 626. The number of hydrogen-bond acceptors (Lipinski definition) is 5. The molecular weight excluding hydrogens is 524 g/mol. The van der Waals surface area contributed by atoms with Gasteiger partial charge in [0.2, 0.25) is 0 Å². The molecule has 0 aromatic rings. The Morgan fingerprint density at radius 3 is 0.952 bits per heavy atom. The maximum atomic E-state index is 11.8. The van der Waals surface area contributed by atoms with Crippen LogP contribution < -0.4 is 0 Å². The summed E-state index contributed by atoms with van der Waals surface area (Å²) in [5.41, 5.74) is 0. The van der Waals surface area contributed by atoms with Crippen molar-refractivity contribution in [1.82, 2.24) is 0 Å². The second kappa shape index (κ2) is 33.6. The van der Waals surface area contributed by atoms with Crippen LogP contribution >= 0.6 is 0 Å². The highest BCUT2D eigenvalue weighted by atomic mass is 16.8. The van der Waals surface area contributed by atoms with E-state index in [9.17, 15) is 14.4 Å². The summed E-state index contributed by atoms with van der Waals surface area (Å²) in [4.78, 5) is 35.3. The molecule has 0 unspecified atom stereocenters. The summed E-state index contributed by atoms with van der Waals surface area (Å²) in [6.07, 6.45) is 39.1. The van der Waals surface area contributed by atoms with Crippen LogP contribution in [0.15, 0.2) is 24.3 Å². The largest absolute Gasteiger partial charge is 0.524 e. The highest BCUT2D eigenvalue weighted by Crippen LogP contribution is 2.12. The fraction of sp³-hybridized carbons (Fsp3) is 0.811. The van der Waals surface area contributed by atoms with Gasteiger partial charge in [0.05, 0.1) is 0 Å². The van der Waals surface area contributed by atoms with Crippen LogP contribution in [0.3, 0.4) is 0 Å². The summed E-state index contributed by atoms with van der Waals surface area (Å²) in [5, 5.41) is 0. The third-order valence-corrected chi connectivity index (χ3v) is 7.68. The van der Waals surface area contributed by atoms with E-state index in [1.54, 1.807) is 0 Å². The van der Waals surface area contributed by atoms with Crippen molar-refractivity contribution in [2.24, 2.45) is 0 Å². The van der Waals surface area contributed by atoms with Crippen LogP contribution in [0.25, 0.3) is 0 Å². The molecule has 0 rings (SSSR count). The van der Waals surface area contributed by atoms with Gasteiger partial charge in [0.1, 0.15) is 0 Å². The van der Waals surface area contributed by atoms with E-state index in [0.29, 0.717) is 12.8 Å². The number of carbonyl (C=O) groups is 3. The molecule has 0 aromatic carbocycles. The third kappa shape index (κ3) is 32.6. The molecule has 0 radical (unpaired) electrons. The zero-order valence-corrected chi connectivity index (χ0v) is 27.6. The average molecular weight is 591 g/mol. The lowest BCUT2D eigenvalue weighted by Crippen LogP contribution is -2.17. The van der Waals surface area contributed by atoms with Gasteiger partial charge in [-0.3, -0.25) is 9.59 Å². The molecule has 5 heteroatoms. The second-order valence-electron chi connectivity index (χ2n) is 11.9. The first-order valence-electron chi connectivity index (χ1n) is 17.8. The van der Waals surface area contributed by atoms with E-state index < -0.39 is 18.1 Å². The molecule has 0 aromatic heterocycles. The smallest absolute Gasteiger partial charge is 0.360 e. The van der Waals surface area contributed by atoms with Crippen molar-refractivity contribution in [3.63, 3.8) is 0 Å². The molecule has 0 fully saturated rings. The van der Waals surface area contributed by atoms with Crippen molar-refractivity contribution in [3.05, 3.63) is 24.3 Å². The van der Waals surface area contributed by atoms with Gasteiger partial charge >= 0.3 is 18.1 Å². The van der Waals surface area contributed by atoms with Crippen molar-refractivity contribution in [1.29, 1.82) is 0 Å². The molecule has 0 amide bonds. The van der Waals surface area contributed by atoms with Crippen LogP contribution in [0, 0.1) is 0 Å². The molecule has 0 saturated carbocycles. The lowest BCUT2D eigenvalue weighted by atomic mass is 10.1. The molecule has 5 nitrogen and oxygen atoms in total. The van der Waals surface area contributed by atoms with Crippen LogP contribution in [0.5, 0.6) is 0 Å². The average Bonchev–Trinajstić information content (AvgIpc) is 2.97. The zero-order valence-electron chi connectivity index (χ0n) is 27.6. The molecule has 42 heavy (non-hydrogen) atoms. The van der Waals surface area contributed by atoms with E-state index in [4.69, 9.17) is 0 Å². The van der Waals surface area contributed by atoms with Gasteiger partial charge in [0, 0.05) is 12.8 Å². The lowest BCUT2D eigenvalue weighted by Gasteiger charge is -2.04. The Morgan fingerprint density at radius 1 is 0.381 bits per heavy atom. The van der Waals surface area contributed by atoms with Gasteiger partial charge < -0.3 is 9.47 Å². The fourth-order valence-electron chi connectivity index (χ4n) is 4.99. The van der Waals surface area contributed by atoms with Crippen LogP contribution in [0.2, 0.25) is 0 Å². The van der Waals surface area contributed by atoms with Gasteiger partial charge in [-0.05, 0) is 64.2 Å². The minimum Gasteiger partial charge on any atom is -0.360 e. The SMILES string of the molecule is CCCCCCCC/C=C\CCCCCCCC(=O)OC(=O)OC(=O)CCCCCCC/C=C\CCCCCCCC. The number of esters is 2. The number of hydrogen-bond donors (Lipinski definition) is 0. The summed E-state index contributed by atoms with van der Waals surface area (Å²) in [6, 6.07) is 0. The maximum Gasteiger partial charge on any atom is 0.524 e. The normalized spacial score (nSPS) is 11.5. The van der Waals surface area contributed by atoms with E-state index in [1.807, 2.05) is 0 Å². The van der Waals surface area contributed by atoms with E-state index in [2.05, 4.69) is 47.6 Å². The quantitative estimate of drug-likeness (QED) is 0.0360. The fourth-order valence-corrected chi connectivity index (χ4v) is 4.99. The topological polar surface area (TPSA) is 69.7 Å². The summed E-state index contributed by atoms with van der Waals surface area (Å²) in [5.74, 6) is -1.24. The number of allylic oxidation sites excluding steroid dienone is 4. The van der Waals surface area contributed by atoms with Crippen molar-refractivity contribution in [2.45, 2.75) is 194 Å². The van der Waals surface area contributed by atoms with Crippen LogP contribution in [0.4, 0.5) is 4.79 Å². The zero-order chi connectivity index (χ0) is 30.8. The standard InChI is InChI=1S/C37H66O5/c1-3-5-7-9-11-13-15-17-19-21-23-25-27-29-31-33-35(38)41-37(40)42-36(39)34-32-30-28-26-24-22-20-18-16-14-12-10-8-6-4-2/h17-20H,3-16,21-34H2,1-2H3/b19-17-,20-18-. The van der Waals surface area contributed by atoms with Crippen LogP contribution in [0.1, 0.15) is 194 Å². The molecule has 0 spiro atoms. The highest BCUT2D eigenvalue weighted by molar-refractivity contribution is 5.88. The summed E-state index contributed by atoms with van der Waals surface area (Å²) < 4.78 is 9.26. The van der Waals surface area contributed by atoms with Crippen molar-refractivity contribution in [3.8, 4) is 0 Å². The van der Waals surface area contributed by atoms with Gasteiger partial charge in [-0.1, -0.05) is 141 Å². The summed E-state index contributed by atoms with van der Waals surface area (Å²) in [6.45, 7) is 4.50. The monoisotopic (exact) mass is 590 g/mol. The molecule has 0 aliphatic heterocycles. The van der Waals surface area contributed by atoms with Crippen molar-refractivity contribution < 1.29 is 23.9 Å². The van der Waals surface area contributed by atoms with E-state index in [0.717, 1.165) is 51.4 Å². The predicted molar refractivity (Wildman–Crippen MR) is 176 cm³/mol. The van der Waals surface area contributed by atoms with Gasteiger partial charge in [0.15, 0.2) is 0 Å². The lowest BCUT2D eigenvalue weighted by molar-refractivity contribution is -0.146. The third-order valence-electron chi connectivity index (χ3n) is 7.68. The molecule has 0 saturated heterocycles. The number of unbranched alkanes of at least 4 members (excludes halogenated alkanes) is 22. The molecule has 0 atom stereocenters. The second-order valence-corrected chi connectivity index (χ2v) is 11.9. The van der Waals surface area contributed by atoms with Crippen LogP contribution in [-0.2, 0) is 19.1 Å². The van der Waals surface area contributed by atoms with Crippen molar-refractivity contribution >= 4 is 18.1 Å². The van der Waals surface area contributed by atoms with Gasteiger partial charge in [-0.2, -0.15) is 0 Å². The Hall–Kier alpha value is -1.91. The maximum absolute atomic E-state index is 11.8. The highest BCUT2D eigenvalue weighted by Gasteiger charge is 2.15. The van der Waals surface area contributed by atoms with E-state index in [1.165, 1.54) is 103 Å². The molecule has 0 aliphatic rings. The molecular formula is C37H66O5. The predicted octanol–water partition coefficient (Wildman–Crippen LogP) is 12.3. The number of rotatable bonds is 30. The minimum atomic E-state index is -1.19. The van der Waals surface area contributed by atoms with Gasteiger partial charge in [-0.15, -0.1) is 0 Å². The Balaban J connectivity index is 3.48. The minimum absolute atomic E-state index is 0.176. The first kappa shape index (κ1) is 40.1. The molecule has 0 aliphatic carbocycles. The van der Waals surface area contributed by atoms with E-state index in [-0.39, 0.29) is 12.8 Å². The summed E-state index contributed by atoms with van der Waals surface area (Å²) in [7, 11) is 0. The van der Waals surface area contributed by atoms with Crippen LogP contribution in [-0.4, -0.2) is 18.1 Å². The Kier molecular flexibility index (Phi) is 32.1. The molecule has 0 bridgehead atoms. The number of carbonyl (C=O) groups excluding carboxylic acids is 3. The molecule has 0 heterocycles. The van der Waals surface area contributed by atoms with E-state index >= 15 is 0 Å².